The Bertz CT molecular complexity index is 1450. The molecule has 0 aliphatic heterocycles. The Labute approximate surface area is 230 Å². The first kappa shape index (κ1) is 27.8. The van der Waals surface area contributed by atoms with Crippen molar-refractivity contribution in [3.8, 4) is 28.1 Å². The molecule has 1 amide bonds. The predicted molar refractivity (Wildman–Crippen MR) is 145 cm³/mol. The van der Waals surface area contributed by atoms with Gasteiger partial charge in [0.05, 0.1) is 5.69 Å². The number of pyridine rings is 1. The lowest BCUT2D eigenvalue weighted by Gasteiger charge is -2.14. The highest BCUT2D eigenvalue weighted by Crippen LogP contribution is 2.33. The van der Waals surface area contributed by atoms with Gasteiger partial charge >= 0.3 is 12.5 Å². The summed E-state index contributed by atoms with van der Waals surface area (Å²) in [6.45, 7) is 0.157. The Morgan fingerprint density at radius 3 is 2.31 bits per heavy atom. The minimum absolute atomic E-state index is 0.0216. The van der Waals surface area contributed by atoms with E-state index in [1.807, 2.05) is 36.4 Å². The fourth-order valence-electron chi connectivity index (χ4n) is 3.46. The zero-order valence-electron chi connectivity index (χ0n) is 19.9. The highest BCUT2D eigenvalue weighted by molar-refractivity contribution is 7.98. The van der Waals surface area contributed by atoms with Crippen LogP contribution < -0.4 is 15.4 Å². The largest absolute Gasteiger partial charge is 0.573 e. The van der Waals surface area contributed by atoms with Crippen LogP contribution in [0.15, 0.2) is 100 Å². The number of guanidine groups is 1. The normalized spacial score (nSPS) is 11.6. The molecular formula is C27H20ClF3N4O3S. The number of benzene rings is 3. The molecule has 0 saturated heterocycles. The Morgan fingerprint density at radius 1 is 1.00 bits per heavy atom. The number of rotatable bonds is 7. The van der Waals surface area contributed by atoms with Gasteiger partial charge in [0.25, 0.3) is 0 Å². The Hall–Kier alpha value is -4.22. The van der Waals surface area contributed by atoms with E-state index >= 15 is 0 Å². The highest BCUT2D eigenvalue weighted by Gasteiger charge is 2.31. The first-order valence-electron chi connectivity index (χ1n) is 11.3. The van der Waals surface area contributed by atoms with Crippen molar-refractivity contribution in [2.75, 3.05) is 0 Å². The van der Waals surface area contributed by atoms with Crippen LogP contribution in [0.1, 0.15) is 5.56 Å². The van der Waals surface area contributed by atoms with Gasteiger partial charge in [-0.05, 0) is 53.6 Å². The fraction of sp³-hybridized carbons (Fsp3) is 0.0741. The molecule has 4 rings (SSSR count). The maximum absolute atomic E-state index is 12.6. The standard InChI is InChI=1S/C27H20ClF3N4O3S/c28-20-10-6-19(7-11-20)24-23(18-8-12-21(13-9-18)38-27(29,30)31)14-17(15-32-24)16-33-25(34-26(36)37)35-39-22-4-2-1-3-5-22/h1-15H,16H2,(H,36,37)(H2,33,34,35). The van der Waals surface area contributed by atoms with E-state index in [1.165, 1.54) is 24.3 Å². The summed E-state index contributed by atoms with van der Waals surface area (Å²) in [6.07, 6.45) is -4.47. The van der Waals surface area contributed by atoms with Crippen LogP contribution in [0.25, 0.3) is 22.4 Å². The molecule has 0 fully saturated rings. The molecule has 12 heteroatoms. The zero-order chi connectivity index (χ0) is 27.8. The fourth-order valence-corrected chi connectivity index (χ4v) is 4.18. The number of nitrogens with one attached hydrogen (secondary N) is 2. The van der Waals surface area contributed by atoms with Gasteiger partial charge in [-0.25, -0.2) is 4.79 Å². The number of hydrogen-bond donors (Lipinski definition) is 3. The first-order valence-corrected chi connectivity index (χ1v) is 12.5. The molecule has 0 saturated carbocycles. The number of hydrogen-bond acceptors (Lipinski definition) is 5. The smallest absolute Gasteiger partial charge is 0.465 e. The molecule has 3 aromatic carbocycles. The lowest BCUT2D eigenvalue weighted by Crippen LogP contribution is -2.39. The van der Waals surface area contributed by atoms with Crippen LogP contribution >= 0.6 is 23.5 Å². The molecule has 0 bridgehead atoms. The average Bonchev–Trinajstić information content (AvgIpc) is 2.90. The van der Waals surface area contributed by atoms with Gasteiger partial charge in [-0.3, -0.25) is 10.3 Å². The van der Waals surface area contributed by atoms with Gasteiger partial charge < -0.3 is 15.2 Å². The topological polar surface area (TPSA) is 95.8 Å². The Balaban J connectivity index is 1.62. The molecule has 0 aliphatic rings. The van der Waals surface area contributed by atoms with Crippen LogP contribution in [0.5, 0.6) is 5.75 Å². The van der Waals surface area contributed by atoms with E-state index in [9.17, 15) is 23.1 Å². The van der Waals surface area contributed by atoms with E-state index < -0.39 is 12.5 Å². The van der Waals surface area contributed by atoms with Gasteiger partial charge in [-0.1, -0.05) is 54.1 Å². The maximum atomic E-state index is 12.6. The second kappa shape index (κ2) is 12.5. The van der Waals surface area contributed by atoms with Gasteiger partial charge in [0.15, 0.2) is 0 Å². The van der Waals surface area contributed by atoms with Gasteiger partial charge in [-0.2, -0.15) is 4.40 Å². The molecule has 0 unspecified atom stereocenters. The molecule has 39 heavy (non-hydrogen) atoms. The number of halogens is 4. The summed E-state index contributed by atoms with van der Waals surface area (Å²) >= 11 is 7.12. The summed E-state index contributed by atoms with van der Waals surface area (Å²) in [5, 5.41) is 14.9. The van der Waals surface area contributed by atoms with E-state index in [1.54, 1.807) is 30.5 Å². The number of alkyl halides is 3. The number of ether oxygens (including phenoxy) is 1. The van der Waals surface area contributed by atoms with Gasteiger partial charge in [0, 0.05) is 45.7 Å². The summed E-state index contributed by atoms with van der Waals surface area (Å²) in [6, 6.07) is 23.5. The number of carbonyl (C=O) groups is 1. The third-order valence-electron chi connectivity index (χ3n) is 5.13. The molecule has 0 radical (unpaired) electrons. The van der Waals surface area contributed by atoms with Crippen molar-refractivity contribution >= 4 is 35.6 Å². The van der Waals surface area contributed by atoms with Crippen LogP contribution in [0.2, 0.25) is 5.02 Å². The lowest BCUT2D eigenvalue weighted by atomic mass is 9.98. The quantitative estimate of drug-likeness (QED) is 0.121. The molecule has 4 aromatic rings. The van der Waals surface area contributed by atoms with Crippen LogP contribution in [-0.4, -0.2) is 28.5 Å². The van der Waals surface area contributed by atoms with Crippen molar-refractivity contribution in [2.45, 2.75) is 17.8 Å². The molecule has 0 spiro atoms. The van der Waals surface area contributed by atoms with Crippen molar-refractivity contribution in [3.05, 3.63) is 102 Å². The number of aromatic nitrogens is 1. The molecule has 1 heterocycles. The van der Waals surface area contributed by atoms with Gasteiger partial charge in [0.2, 0.25) is 5.96 Å². The maximum Gasteiger partial charge on any atom is 0.573 e. The molecular weight excluding hydrogens is 553 g/mol. The summed E-state index contributed by atoms with van der Waals surface area (Å²) in [4.78, 5) is 16.7. The summed E-state index contributed by atoms with van der Waals surface area (Å²) < 4.78 is 46.1. The summed E-state index contributed by atoms with van der Waals surface area (Å²) in [5.41, 5.74) is 3.23. The number of nitrogens with zero attached hydrogens (tertiary/aromatic N) is 2. The molecule has 1 aromatic heterocycles. The summed E-state index contributed by atoms with van der Waals surface area (Å²) in [5.74, 6) is -0.324. The number of carboxylic acid groups (broad SMARTS) is 1. The summed E-state index contributed by atoms with van der Waals surface area (Å²) in [7, 11) is 0. The SMILES string of the molecule is O=C(O)N/C(=N\Sc1ccccc1)NCc1cnc(-c2ccc(Cl)cc2)c(-c2ccc(OC(F)(F)F)cc2)c1. The van der Waals surface area contributed by atoms with E-state index in [4.69, 9.17) is 11.6 Å². The van der Waals surface area contributed by atoms with Gasteiger partial charge in [-0.15, -0.1) is 13.2 Å². The molecule has 3 N–H and O–H groups in total. The van der Waals surface area contributed by atoms with Crippen LogP contribution in [0.4, 0.5) is 18.0 Å². The van der Waals surface area contributed by atoms with Crippen molar-refractivity contribution in [1.29, 1.82) is 0 Å². The van der Waals surface area contributed by atoms with E-state index in [0.717, 1.165) is 22.4 Å². The molecule has 0 atom stereocenters. The van der Waals surface area contributed by atoms with E-state index in [2.05, 4.69) is 24.8 Å². The van der Waals surface area contributed by atoms with Crippen molar-refractivity contribution in [1.82, 2.24) is 15.6 Å². The monoisotopic (exact) mass is 572 g/mol. The molecule has 200 valence electrons. The second-order valence-electron chi connectivity index (χ2n) is 7.95. The third kappa shape index (κ3) is 8.39. The van der Waals surface area contributed by atoms with Gasteiger partial charge in [0.1, 0.15) is 5.75 Å². The number of amides is 1. The van der Waals surface area contributed by atoms with Crippen LogP contribution in [0.3, 0.4) is 0 Å². The first-order chi connectivity index (χ1) is 18.7. The van der Waals surface area contributed by atoms with Crippen molar-refractivity contribution < 1.29 is 27.8 Å². The third-order valence-corrected chi connectivity index (χ3v) is 6.14. The zero-order valence-corrected chi connectivity index (χ0v) is 21.5. The van der Waals surface area contributed by atoms with Crippen LogP contribution in [-0.2, 0) is 6.54 Å². The van der Waals surface area contributed by atoms with Crippen LogP contribution in [0, 0.1) is 0 Å². The van der Waals surface area contributed by atoms with Crippen molar-refractivity contribution in [3.63, 3.8) is 0 Å². The predicted octanol–water partition coefficient (Wildman–Crippen LogP) is 7.39. The Morgan fingerprint density at radius 2 is 1.67 bits per heavy atom. The van der Waals surface area contributed by atoms with E-state index in [0.29, 0.717) is 27.4 Å². The average molecular weight is 573 g/mol. The second-order valence-corrected chi connectivity index (χ2v) is 9.22. The van der Waals surface area contributed by atoms with Crippen molar-refractivity contribution in [2.24, 2.45) is 4.40 Å². The highest BCUT2D eigenvalue weighted by atomic mass is 35.5. The Kier molecular flexibility index (Phi) is 8.95. The van der Waals surface area contributed by atoms with E-state index in [-0.39, 0.29) is 18.3 Å². The molecule has 7 nitrogen and oxygen atoms in total. The lowest BCUT2D eigenvalue weighted by molar-refractivity contribution is -0.274. The molecule has 0 aliphatic carbocycles. The minimum Gasteiger partial charge on any atom is -0.465 e. The minimum atomic E-state index is -4.80.